The number of aromatic nitrogens is 1. The lowest BCUT2D eigenvalue weighted by atomic mass is 9.99. The van der Waals surface area contributed by atoms with Crippen LogP contribution in [0.15, 0.2) is 39.8 Å². The standard InChI is InChI=1S/C22H33N5O3.HI/c1-5-17(6-2)20-12-19(30-27-20)14-25-22(23-7-3)26-15-21(28)24-13-16-8-10-18(29-4)11-9-16;/h8-12,17H,5-7,13-15H2,1-4H3,(H,24,28)(H2,23,25,26);1H. The zero-order valence-electron chi connectivity index (χ0n) is 18.7. The van der Waals surface area contributed by atoms with Crippen LogP contribution in [0, 0.1) is 0 Å². The zero-order valence-corrected chi connectivity index (χ0v) is 21.1. The fourth-order valence-electron chi connectivity index (χ4n) is 2.98. The highest BCUT2D eigenvalue weighted by atomic mass is 127. The Labute approximate surface area is 201 Å². The number of carbonyl (C=O) groups excluding carboxylic acids is 1. The van der Waals surface area contributed by atoms with Crippen LogP contribution in [0.3, 0.4) is 0 Å². The smallest absolute Gasteiger partial charge is 0.242 e. The summed E-state index contributed by atoms with van der Waals surface area (Å²) in [6.07, 6.45) is 2.07. The lowest BCUT2D eigenvalue weighted by Gasteiger charge is -2.10. The van der Waals surface area contributed by atoms with E-state index in [-0.39, 0.29) is 36.4 Å². The highest BCUT2D eigenvalue weighted by Crippen LogP contribution is 2.22. The Balaban J connectivity index is 0.00000480. The van der Waals surface area contributed by atoms with Gasteiger partial charge in [-0.2, -0.15) is 0 Å². The van der Waals surface area contributed by atoms with Gasteiger partial charge in [-0.05, 0) is 37.5 Å². The number of rotatable bonds is 11. The van der Waals surface area contributed by atoms with Crippen LogP contribution in [-0.4, -0.2) is 37.2 Å². The highest BCUT2D eigenvalue weighted by molar-refractivity contribution is 14.0. The first-order valence-electron chi connectivity index (χ1n) is 10.5. The van der Waals surface area contributed by atoms with Crippen molar-refractivity contribution in [3.8, 4) is 5.75 Å². The van der Waals surface area contributed by atoms with Crippen molar-refractivity contribution in [3.05, 3.63) is 47.3 Å². The third kappa shape index (κ3) is 9.16. The molecule has 2 rings (SSSR count). The molecule has 0 bridgehead atoms. The predicted molar refractivity (Wildman–Crippen MR) is 133 cm³/mol. The molecule has 0 fully saturated rings. The summed E-state index contributed by atoms with van der Waals surface area (Å²) in [6.45, 7) is 7.88. The van der Waals surface area contributed by atoms with Crippen LogP contribution in [0.4, 0.5) is 0 Å². The molecule has 0 unspecified atom stereocenters. The Morgan fingerprint density at radius 1 is 1.10 bits per heavy atom. The van der Waals surface area contributed by atoms with Crippen LogP contribution in [0.25, 0.3) is 0 Å². The van der Waals surface area contributed by atoms with Crippen LogP contribution < -0.4 is 20.7 Å². The van der Waals surface area contributed by atoms with E-state index in [1.807, 2.05) is 37.3 Å². The molecule has 1 heterocycles. The number of benzene rings is 1. The molecular formula is C22H34IN5O3. The number of halogens is 1. The van der Waals surface area contributed by atoms with E-state index in [0.29, 0.717) is 31.5 Å². The molecule has 0 spiro atoms. The molecule has 1 amide bonds. The van der Waals surface area contributed by atoms with Gasteiger partial charge in [0, 0.05) is 25.1 Å². The molecule has 31 heavy (non-hydrogen) atoms. The fraction of sp³-hybridized carbons (Fsp3) is 0.500. The normalized spacial score (nSPS) is 11.1. The first kappa shape index (κ1) is 26.7. The van der Waals surface area contributed by atoms with Gasteiger partial charge >= 0.3 is 0 Å². The van der Waals surface area contributed by atoms with E-state index in [0.717, 1.165) is 35.6 Å². The lowest BCUT2D eigenvalue weighted by molar-refractivity contribution is -0.119. The summed E-state index contributed by atoms with van der Waals surface area (Å²) in [5.41, 5.74) is 1.98. The lowest BCUT2D eigenvalue weighted by Crippen LogP contribution is -2.38. The van der Waals surface area contributed by atoms with Gasteiger partial charge in [0.1, 0.15) is 12.3 Å². The molecule has 0 atom stereocenters. The Bertz CT molecular complexity index is 804. The molecule has 2 aromatic rings. The number of guanidine groups is 1. The summed E-state index contributed by atoms with van der Waals surface area (Å²) in [5.74, 6) is 2.34. The maximum Gasteiger partial charge on any atom is 0.242 e. The van der Waals surface area contributed by atoms with Crippen LogP contribution in [0.2, 0.25) is 0 Å². The van der Waals surface area contributed by atoms with E-state index in [1.54, 1.807) is 7.11 Å². The first-order valence-corrected chi connectivity index (χ1v) is 10.5. The third-order valence-electron chi connectivity index (χ3n) is 4.78. The molecule has 0 aliphatic heterocycles. The van der Waals surface area contributed by atoms with Gasteiger partial charge in [-0.1, -0.05) is 31.1 Å². The van der Waals surface area contributed by atoms with Crippen molar-refractivity contribution in [1.82, 2.24) is 21.1 Å². The van der Waals surface area contributed by atoms with Gasteiger partial charge in [-0.25, -0.2) is 4.99 Å². The van der Waals surface area contributed by atoms with E-state index in [9.17, 15) is 4.79 Å². The van der Waals surface area contributed by atoms with Gasteiger partial charge in [0.15, 0.2) is 11.7 Å². The molecule has 0 aliphatic rings. The fourth-order valence-corrected chi connectivity index (χ4v) is 2.98. The molecule has 8 nitrogen and oxygen atoms in total. The van der Waals surface area contributed by atoms with Crippen molar-refractivity contribution in [2.24, 2.45) is 4.99 Å². The van der Waals surface area contributed by atoms with Crippen molar-refractivity contribution in [3.63, 3.8) is 0 Å². The number of amides is 1. The van der Waals surface area contributed by atoms with Gasteiger partial charge in [0.25, 0.3) is 0 Å². The molecule has 0 saturated heterocycles. The average Bonchev–Trinajstić information content (AvgIpc) is 3.24. The van der Waals surface area contributed by atoms with E-state index in [1.165, 1.54) is 0 Å². The average molecular weight is 543 g/mol. The molecule has 0 saturated carbocycles. The number of hydrogen-bond acceptors (Lipinski definition) is 5. The number of nitrogens with one attached hydrogen (secondary N) is 3. The topological polar surface area (TPSA) is 101 Å². The minimum atomic E-state index is -0.154. The van der Waals surface area contributed by atoms with Gasteiger partial charge in [0.05, 0.1) is 19.3 Å². The monoisotopic (exact) mass is 543 g/mol. The first-order chi connectivity index (χ1) is 14.6. The number of nitrogens with zero attached hydrogens (tertiary/aromatic N) is 2. The Kier molecular flexibility index (Phi) is 12.6. The summed E-state index contributed by atoms with van der Waals surface area (Å²) in [7, 11) is 1.62. The predicted octanol–water partition coefficient (Wildman–Crippen LogP) is 3.58. The SMILES string of the molecule is CCNC(=NCC(=O)NCc1ccc(OC)cc1)NCc1cc(C(CC)CC)no1.I. The molecule has 3 N–H and O–H groups in total. The number of aliphatic imine (C=N–C) groups is 1. The summed E-state index contributed by atoms with van der Waals surface area (Å²) < 4.78 is 10.6. The molecular weight excluding hydrogens is 509 g/mol. The van der Waals surface area contributed by atoms with E-state index < -0.39 is 0 Å². The molecule has 0 radical (unpaired) electrons. The number of methoxy groups -OCH3 is 1. The van der Waals surface area contributed by atoms with Crippen LogP contribution in [0.5, 0.6) is 5.75 Å². The van der Waals surface area contributed by atoms with Crippen molar-refractivity contribution in [2.45, 2.75) is 52.6 Å². The number of hydrogen-bond donors (Lipinski definition) is 3. The van der Waals surface area contributed by atoms with E-state index >= 15 is 0 Å². The van der Waals surface area contributed by atoms with Gasteiger partial charge in [0.2, 0.25) is 5.91 Å². The maximum absolute atomic E-state index is 12.1. The zero-order chi connectivity index (χ0) is 21.8. The largest absolute Gasteiger partial charge is 0.497 e. The Morgan fingerprint density at radius 2 is 1.81 bits per heavy atom. The molecule has 1 aromatic heterocycles. The second-order valence-corrected chi connectivity index (χ2v) is 6.91. The van der Waals surface area contributed by atoms with Crippen molar-refractivity contribution >= 4 is 35.8 Å². The van der Waals surface area contributed by atoms with Gasteiger partial charge in [-0.3, -0.25) is 4.79 Å². The summed E-state index contributed by atoms with van der Waals surface area (Å²) >= 11 is 0. The second-order valence-electron chi connectivity index (χ2n) is 6.91. The highest BCUT2D eigenvalue weighted by Gasteiger charge is 2.13. The number of ether oxygens (including phenoxy) is 1. The molecule has 0 aliphatic carbocycles. The second kappa shape index (κ2) is 14.7. The quantitative estimate of drug-likeness (QED) is 0.228. The minimum Gasteiger partial charge on any atom is -0.497 e. The molecule has 9 heteroatoms. The summed E-state index contributed by atoms with van der Waals surface area (Å²) in [5, 5.41) is 13.3. The van der Waals surface area contributed by atoms with E-state index in [4.69, 9.17) is 9.26 Å². The number of carbonyl (C=O) groups is 1. The maximum atomic E-state index is 12.1. The van der Waals surface area contributed by atoms with Crippen molar-refractivity contribution < 1.29 is 14.1 Å². The van der Waals surface area contributed by atoms with E-state index in [2.05, 4.69) is 39.9 Å². The van der Waals surface area contributed by atoms with Crippen molar-refractivity contribution in [1.29, 1.82) is 0 Å². The van der Waals surface area contributed by atoms with Crippen LogP contribution in [-0.2, 0) is 17.9 Å². The molecule has 172 valence electrons. The third-order valence-corrected chi connectivity index (χ3v) is 4.78. The van der Waals surface area contributed by atoms with Crippen LogP contribution in [0.1, 0.15) is 56.5 Å². The van der Waals surface area contributed by atoms with Gasteiger partial charge < -0.3 is 25.2 Å². The Morgan fingerprint density at radius 3 is 2.42 bits per heavy atom. The van der Waals surface area contributed by atoms with Gasteiger partial charge in [-0.15, -0.1) is 24.0 Å². The van der Waals surface area contributed by atoms with Crippen LogP contribution >= 0.6 is 24.0 Å². The molecule has 1 aromatic carbocycles. The summed E-state index contributed by atoms with van der Waals surface area (Å²) in [4.78, 5) is 16.5. The summed E-state index contributed by atoms with van der Waals surface area (Å²) in [6, 6.07) is 9.55. The van der Waals surface area contributed by atoms with Crippen molar-refractivity contribution in [2.75, 3.05) is 20.2 Å². The Hall–Kier alpha value is -2.30. The minimum absolute atomic E-state index is 0.